The molecule has 1 N–H and O–H groups in total. The lowest BCUT2D eigenvalue weighted by Gasteiger charge is -2.06. The summed E-state index contributed by atoms with van der Waals surface area (Å²) in [6.07, 6.45) is 2.77. The van der Waals surface area contributed by atoms with Gasteiger partial charge in [0.25, 0.3) is 0 Å². The van der Waals surface area contributed by atoms with Gasteiger partial charge in [0.2, 0.25) is 0 Å². The van der Waals surface area contributed by atoms with Crippen LogP contribution in [0, 0.1) is 10.1 Å². The number of benzene rings is 1. The first-order chi connectivity index (χ1) is 9.11. The summed E-state index contributed by atoms with van der Waals surface area (Å²) in [5.74, 6) is 0. The molecular formula is C12H12ClN3O2S. The third-order valence-corrected chi connectivity index (χ3v) is 4.00. The molecule has 2 aromatic rings. The molecule has 0 saturated heterocycles. The first kappa shape index (κ1) is 13.8. The van der Waals surface area contributed by atoms with Crippen LogP contribution in [0.1, 0.15) is 16.8 Å². The number of para-hydroxylation sites is 1. The standard InChI is InChI=1S/C12H12ClN3O2S/c1-2-8-6-15-11(19-8)7-14-10-5-3-4-9(13)12(10)16(17)18/h3-6,14H,2,7H2,1H3. The van der Waals surface area contributed by atoms with Gasteiger partial charge < -0.3 is 5.32 Å². The second-order valence-electron chi connectivity index (χ2n) is 3.82. The highest BCUT2D eigenvalue weighted by Crippen LogP contribution is 2.32. The summed E-state index contributed by atoms with van der Waals surface area (Å²) in [5, 5.41) is 15.0. The number of nitrogens with one attached hydrogen (secondary N) is 1. The van der Waals surface area contributed by atoms with Gasteiger partial charge in [0, 0.05) is 11.1 Å². The maximum Gasteiger partial charge on any atom is 0.310 e. The van der Waals surface area contributed by atoms with Crippen LogP contribution in [-0.4, -0.2) is 9.91 Å². The van der Waals surface area contributed by atoms with E-state index < -0.39 is 4.92 Å². The molecule has 1 aromatic carbocycles. The van der Waals surface area contributed by atoms with E-state index in [1.165, 1.54) is 10.9 Å². The molecule has 0 spiro atoms. The van der Waals surface area contributed by atoms with E-state index in [0.29, 0.717) is 12.2 Å². The van der Waals surface area contributed by atoms with Gasteiger partial charge in [-0.1, -0.05) is 24.6 Å². The number of aryl methyl sites for hydroxylation is 1. The Morgan fingerprint density at radius 1 is 1.53 bits per heavy atom. The molecule has 19 heavy (non-hydrogen) atoms. The summed E-state index contributed by atoms with van der Waals surface area (Å²) < 4.78 is 0. The molecule has 1 aromatic heterocycles. The molecule has 0 unspecified atom stereocenters. The van der Waals surface area contributed by atoms with Gasteiger partial charge in [0.1, 0.15) is 15.7 Å². The van der Waals surface area contributed by atoms with Crippen LogP contribution in [0.2, 0.25) is 5.02 Å². The fourth-order valence-corrected chi connectivity index (χ4v) is 2.65. The average molecular weight is 298 g/mol. The van der Waals surface area contributed by atoms with E-state index >= 15 is 0 Å². The molecule has 100 valence electrons. The number of nitro groups is 1. The second-order valence-corrected chi connectivity index (χ2v) is 5.43. The van der Waals surface area contributed by atoms with E-state index in [4.69, 9.17) is 11.6 Å². The van der Waals surface area contributed by atoms with Gasteiger partial charge in [0.15, 0.2) is 0 Å². The SMILES string of the molecule is CCc1cnc(CNc2cccc(Cl)c2[N+](=O)[O-])s1. The zero-order valence-electron chi connectivity index (χ0n) is 10.2. The van der Waals surface area contributed by atoms with Gasteiger partial charge in [0.05, 0.1) is 11.5 Å². The molecule has 0 fully saturated rings. The first-order valence-corrected chi connectivity index (χ1v) is 6.91. The van der Waals surface area contributed by atoms with Crippen molar-refractivity contribution in [1.82, 2.24) is 4.98 Å². The van der Waals surface area contributed by atoms with Crippen LogP contribution < -0.4 is 5.32 Å². The number of hydrogen-bond donors (Lipinski definition) is 1. The highest BCUT2D eigenvalue weighted by molar-refractivity contribution is 7.11. The number of thiazole rings is 1. The number of rotatable bonds is 5. The van der Waals surface area contributed by atoms with E-state index in [1.54, 1.807) is 23.5 Å². The normalized spacial score (nSPS) is 10.4. The third kappa shape index (κ3) is 3.21. The topological polar surface area (TPSA) is 68.1 Å². The van der Waals surface area contributed by atoms with Crippen LogP contribution in [0.3, 0.4) is 0 Å². The molecule has 7 heteroatoms. The van der Waals surface area contributed by atoms with Gasteiger partial charge in [-0.15, -0.1) is 11.3 Å². The fourth-order valence-electron chi connectivity index (χ4n) is 1.61. The van der Waals surface area contributed by atoms with Gasteiger partial charge in [-0.05, 0) is 18.6 Å². The minimum absolute atomic E-state index is 0.101. The Hall–Kier alpha value is -1.66. The van der Waals surface area contributed by atoms with Crippen molar-refractivity contribution in [3.8, 4) is 0 Å². The number of hydrogen-bond acceptors (Lipinski definition) is 5. The van der Waals surface area contributed by atoms with E-state index in [1.807, 2.05) is 6.20 Å². The number of nitrogens with zero attached hydrogens (tertiary/aromatic N) is 2. The van der Waals surface area contributed by atoms with E-state index in [0.717, 1.165) is 11.4 Å². The fraction of sp³-hybridized carbons (Fsp3) is 0.250. The Bertz CT molecular complexity index is 600. The summed E-state index contributed by atoms with van der Waals surface area (Å²) in [5.41, 5.74) is 0.308. The summed E-state index contributed by atoms with van der Waals surface area (Å²) in [4.78, 5) is 15.9. The lowest BCUT2D eigenvalue weighted by Crippen LogP contribution is -2.02. The van der Waals surface area contributed by atoms with Crippen molar-refractivity contribution in [3.63, 3.8) is 0 Å². The van der Waals surface area contributed by atoms with Crippen molar-refractivity contribution >= 4 is 34.3 Å². The Labute approximate surface area is 119 Å². The van der Waals surface area contributed by atoms with Gasteiger partial charge in [-0.3, -0.25) is 10.1 Å². The largest absolute Gasteiger partial charge is 0.373 e. The van der Waals surface area contributed by atoms with Gasteiger partial charge in [-0.25, -0.2) is 4.98 Å². The highest BCUT2D eigenvalue weighted by Gasteiger charge is 2.18. The van der Waals surface area contributed by atoms with Crippen LogP contribution in [0.5, 0.6) is 0 Å². The first-order valence-electron chi connectivity index (χ1n) is 5.72. The smallest absolute Gasteiger partial charge is 0.310 e. The molecule has 1 heterocycles. The molecule has 0 radical (unpaired) electrons. The Kier molecular flexibility index (Phi) is 4.34. The number of aromatic nitrogens is 1. The molecule has 0 bridgehead atoms. The lowest BCUT2D eigenvalue weighted by atomic mass is 10.2. The number of halogens is 1. The molecule has 0 atom stereocenters. The average Bonchev–Trinajstić information content (AvgIpc) is 2.83. The molecule has 0 aliphatic carbocycles. The summed E-state index contributed by atoms with van der Waals surface area (Å²) in [6.45, 7) is 2.51. The quantitative estimate of drug-likeness (QED) is 0.672. The lowest BCUT2D eigenvalue weighted by molar-refractivity contribution is -0.383. The number of anilines is 1. The highest BCUT2D eigenvalue weighted by atomic mass is 35.5. The predicted octanol–water partition coefficient (Wildman–Crippen LogP) is 3.88. The Balaban J connectivity index is 2.15. The molecule has 0 amide bonds. The van der Waals surface area contributed by atoms with Crippen molar-refractivity contribution in [2.45, 2.75) is 19.9 Å². The molecule has 5 nitrogen and oxygen atoms in total. The zero-order valence-corrected chi connectivity index (χ0v) is 11.8. The number of nitro benzene ring substituents is 1. The molecular weight excluding hydrogens is 286 g/mol. The molecule has 2 rings (SSSR count). The van der Waals surface area contributed by atoms with Crippen LogP contribution in [-0.2, 0) is 13.0 Å². The van der Waals surface area contributed by atoms with Gasteiger partial charge in [-0.2, -0.15) is 0 Å². The summed E-state index contributed by atoms with van der Waals surface area (Å²) in [7, 11) is 0. The molecule has 0 saturated carbocycles. The van der Waals surface area contributed by atoms with Crippen LogP contribution in [0.25, 0.3) is 0 Å². The van der Waals surface area contributed by atoms with E-state index in [-0.39, 0.29) is 10.7 Å². The molecule has 0 aliphatic heterocycles. The third-order valence-electron chi connectivity index (χ3n) is 2.55. The van der Waals surface area contributed by atoms with Crippen molar-refractivity contribution in [2.24, 2.45) is 0 Å². The maximum atomic E-state index is 11.0. The summed E-state index contributed by atoms with van der Waals surface area (Å²) in [6, 6.07) is 4.82. The predicted molar refractivity (Wildman–Crippen MR) is 76.9 cm³/mol. The minimum atomic E-state index is -0.482. The van der Waals surface area contributed by atoms with E-state index in [2.05, 4.69) is 17.2 Å². The van der Waals surface area contributed by atoms with Crippen molar-refractivity contribution in [1.29, 1.82) is 0 Å². The molecule has 0 aliphatic rings. The van der Waals surface area contributed by atoms with Crippen LogP contribution >= 0.6 is 22.9 Å². The van der Waals surface area contributed by atoms with Crippen LogP contribution in [0.4, 0.5) is 11.4 Å². The van der Waals surface area contributed by atoms with Crippen molar-refractivity contribution in [2.75, 3.05) is 5.32 Å². The Morgan fingerprint density at radius 2 is 2.32 bits per heavy atom. The Morgan fingerprint density at radius 3 is 2.95 bits per heavy atom. The van der Waals surface area contributed by atoms with E-state index in [9.17, 15) is 10.1 Å². The zero-order chi connectivity index (χ0) is 13.8. The minimum Gasteiger partial charge on any atom is -0.373 e. The van der Waals surface area contributed by atoms with Crippen molar-refractivity contribution < 1.29 is 4.92 Å². The summed E-state index contributed by atoms with van der Waals surface area (Å²) >= 11 is 7.43. The monoisotopic (exact) mass is 297 g/mol. The van der Waals surface area contributed by atoms with Crippen molar-refractivity contribution in [3.05, 3.63) is 49.4 Å². The second kappa shape index (κ2) is 5.99. The van der Waals surface area contributed by atoms with Crippen LogP contribution in [0.15, 0.2) is 24.4 Å². The maximum absolute atomic E-state index is 11.0. The van der Waals surface area contributed by atoms with Gasteiger partial charge >= 0.3 is 5.69 Å².